The Morgan fingerprint density at radius 3 is 2.77 bits per heavy atom. The van der Waals surface area contributed by atoms with Gasteiger partial charge in [-0.25, -0.2) is 4.79 Å². The van der Waals surface area contributed by atoms with Crippen LogP contribution in [0.5, 0.6) is 0 Å². The Morgan fingerprint density at radius 2 is 2.23 bits per heavy atom. The summed E-state index contributed by atoms with van der Waals surface area (Å²) in [5, 5.41) is 8.71. The number of aliphatic carboxylic acids is 1. The fourth-order valence-corrected chi connectivity index (χ4v) is 1.67. The zero-order valence-corrected chi connectivity index (χ0v) is 8.29. The molecule has 1 fully saturated rings. The van der Waals surface area contributed by atoms with Gasteiger partial charge in [0.2, 0.25) is 0 Å². The minimum absolute atomic E-state index is 0.324. The molecule has 3 nitrogen and oxygen atoms in total. The maximum absolute atomic E-state index is 10.6. The molecule has 1 N–H and O–H groups in total. The summed E-state index contributed by atoms with van der Waals surface area (Å²) in [5.74, 6) is -0.807. The Hall–Kier alpha value is -0.830. The van der Waals surface area contributed by atoms with E-state index in [-0.39, 0.29) is 0 Å². The highest BCUT2D eigenvalue weighted by Gasteiger charge is 2.17. The van der Waals surface area contributed by atoms with Gasteiger partial charge in [0.15, 0.2) is 0 Å². The van der Waals surface area contributed by atoms with Crippen LogP contribution in [0.15, 0.2) is 11.6 Å². The molecule has 0 aromatic carbocycles. The lowest BCUT2D eigenvalue weighted by atomic mass is 10.0. The molecule has 0 aromatic heterocycles. The molecule has 3 heteroatoms. The molecule has 1 aliphatic rings. The Bertz CT molecular complexity index is 223. The van der Waals surface area contributed by atoms with Gasteiger partial charge >= 0.3 is 5.97 Å². The summed E-state index contributed by atoms with van der Waals surface area (Å²) in [6.07, 6.45) is 5.38. The highest BCUT2D eigenvalue weighted by molar-refractivity contribution is 5.85. The molecule has 13 heavy (non-hydrogen) atoms. The van der Waals surface area contributed by atoms with Crippen LogP contribution in [-0.4, -0.2) is 35.6 Å². The predicted octanol–water partition coefficient (Wildman–Crippen LogP) is 1.50. The van der Waals surface area contributed by atoms with Crippen LogP contribution in [0, 0.1) is 0 Å². The second kappa shape index (κ2) is 4.42. The number of carbonyl (C=O) groups is 1. The summed E-state index contributed by atoms with van der Waals surface area (Å²) in [5.41, 5.74) is 0.457. The first-order chi connectivity index (χ1) is 6.11. The van der Waals surface area contributed by atoms with Crippen molar-refractivity contribution in [3.8, 4) is 0 Å². The zero-order valence-electron chi connectivity index (χ0n) is 8.29. The van der Waals surface area contributed by atoms with Gasteiger partial charge < -0.3 is 5.11 Å². The van der Waals surface area contributed by atoms with Gasteiger partial charge in [-0.05, 0) is 33.4 Å². The molecular formula is C10H17NO2. The molecule has 1 unspecified atom stereocenters. The van der Waals surface area contributed by atoms with Gasteiger partial charge in [-0.15, -0.1) is 0 Å². The van der Waals surface area contributed by atoms with Crippen LogP contribution < -0.4 is 0 Å². The second-order valence-electron chi connectivity index (χ2n) is 3.70. The molecule has 1 atom stereocenters. The smallest absolute Gasteiger partial charge is 0.331 e. The maximum atomic E-state index is 10.6. The average Bonchev–Trinajstić information content (AvgIpc) is 2.08. The minimum atomic E-state index is -0.807. The van der Waals surface area contributed by atoms with Crippen LogP contribution in [0.1, 0.15) is 26.2 Å². The van der Waals surface area contributed by atoms with Gasteiger partial charge in [-0.3, -0.25) is 4.90 Å². The van der Waals surface area contributed by atoms with Crippen molar-refractivity contribution in [2.24, 2.45) is 0 Å². The van der Waals surface area contributed by atoms with Gasteiger partial charge in [0.25, 0.3) is 0 Å². The van der Waals surface area contributed by atoms with Gasteiger partial charge in [-0.1, -0.05) is 12.5 Å². The topological polar surface area (TPSA) is 40.5 Å². The zero-order chi connectivity index (χ0) is 9.84. The van der Waals surface area contributed by atoms with Crippen LogP contribution in [0.3, 0.4) is 0 Å². The van der Waals surface area contributed by atoms with E-state index in [9.17, 15) is 4.79 Å². The number of rotatable bonds is 2. The van der Waals surface area contributed by atoms with Crippen LogP contribution in [0.25, 0.3) is 0 Å². The summed E-state index contributed by atoms with van der Waals surface area (Å²) >= 11 is 0. The number of piperidine rings is 1. The van der Waals surface area contributed by atoms with E-state index >= 15 is 0 Å². The van der Waals surface area contributed by atoms with Crippen LogP contribution in [-0.2, 0) is 4.79 Å². The van der Waals surface area contributed by atoms with E-state index in [1.807, 2.05) is 6.08 Å². The van der Waals surface area contributed by atoms with E-state index in [1.165, 1.54) is 12.8 Å². The quantitative estimate of drug-likeness (QED) is 0.659. The lowest BCUT2D eigenvalue weighted by Crippen LogP contribution is -2.35. The first kappa shape index (κ1) is 10.3. The van der Waals surface area contributed by atoms with Crippen molar-refractivity contribution in [1.82, 2.24) is 4.90 Å². The highest BCUT2D eigenvalue weighted by atomic mass is 16.4. The van der Waals surface area contributed by atoms with Crippen molar-refractivity contribution in [1.29, 1.82) is 0 Å². The van der Waals surface area contributed by atoms with Crippen LogP contribution >= 0.6 is 0 Å². The van der Waals surface area contributed by atoms with E-state index in [0.29, 0.717) is 11.6 Å². The lowest BCUT2D eigenvalue weighted by molar-refractivity contribution is -0.132. The number of hydrogen-bond acceptors (Lipinski definition) is 2. The molecule has 1 saturated heterocycles. The summed E-state index contributed by atoms with van der Waals surface area (Å²) in [6.45, 7) is 2.73. The summed E-state index contributed by atoms with van der Waals surface area (Å²) < 4.78 is 0. The lowest BCUT2D eigenvalue weighted by Gasteiger charge is -2.30. The SMILES string of the molecule is CC(=CC1CCCCN1C)C(=O)O. The van der Waals surface area contributed by atoms with E-state index < -0.39 is 5.97 Å². The normalized spacial score (nSPS) is 26.0. The monoisotopic (exact) mass is 183 g/mol. The molecule has 0 saturated carbocycles. The molecule has 0 amide bonds. The van der Waals surface area contributed by atoms with Crippen LogP contribution in [0.4, 0.5) is 0 Å². The van der Waals surface area contributed by atoms with Crippen molar-refractivity contribution in [3.63, 3.8) is 0 Å². The van der Waals surface area contributed by atoms with Crippen molar-refractivity contribution in [3.05, 3.63) is 11.6 Å². The number of hydrogen-bond donors (Lipinski definition) is 1. The number of carboxylic acids is 1. The van der Waals surface area contributed by atoms with Crippen molar-refractivity contribution in [2.45, 2.75) is 32.2 Å². The maximum Gasteiger partial charge on any atom is 0.331 e. The first-order valence-corrected chi connectivity index (χ1v) is 4.73. The number of likely N-dealkylation sites (tertiary alicyclic amines) is 1. The third-order valence-electron chi connectivity index (χ3n) is 2.61. The second-order valence-corrected chi connectivity index (χ2v) is 3.70. The van der Waals surface area contributed by atoms with Crippen LogP contribution in [0.2, 0.25) is 0 Å². The Labute approximate surface area is 79.0 Å². The fraction of sp³-hybridized carbons (Fsp3) is 0.700. The Morgan fingerprint density at radius 1 is 1.54 bits per heavy atom. The average molecular weight is 183 g/mol. The fourth-order valence-electron chi connectivity index (χ4n) is 1.67. The van der Waals surface area contributed by atoms with Crippen molar-refractivity contribution >= 4 is 5.97 Å². The summed E-state index contributed by atoms with van der Waals surface area (Å²) in [6, 6.07) is 0.324. The predicted molar refractivity (Wildman–Crippen MR) is 51.7 cm³/mol. The largest absolute Gasteiger partial charge is 0.478 e. The Kier molecular flexibility index (Phi) is 3.48. The molecule has 1 aliphatic heterocycles. The van der Waals surface area contributed by atoms with Gasteiger partial charge in [-0.2, -0.15) is 0 Å². The molecule has 1 rings (SSSR count). The molecule has 0 radical (unpaired) electrons. The third-order valence-corrected chi connectivity index (χ3v) is 2.61. The van der Waals surface area contributed by atoms with E-state index in [0.717, 1.165) is 13.0 Å². The molecule has 0 aliphatic carbocycles. The molecule has 0 bridgehead atoms. The van der Waals surface area contributed by atoms with E-state index in [2.05, 4.69) is 11.9 Å². The van der Waals surface area contributed by atoms with Gasteiger partial charge in [0, 0.05) is 11.6 Å². The Balaban J connectivity index is 2.60. The molecule has 74 valence electrons. The van der Waals surface area contributed by atoms with E-state index in [1.54, 1.807) is 6.92 Å². The van der Waals surface area contributed by atoms with Crippen molar-refractivity contribution < 1.29 is 9.90 Å². The molecule has 1 heterocycles. The van der Waals surface area contributed by atoms with Crippen molar-refractivity contribution in [2.75, 3.05) is 13.6 Å². The molecule has 0 spiro atoms. The standard InChI is InChI=1S/C10H17NO2/c1-8(10(12)13)7-9-5-3-4-6-11(9)2/h7,9H,3-6H2,1-2H3,(H,12,13). The molecular weight excluding hydrogens is 166 g/mol. The summed E-state index contributed by atoms with van der Waals surface area (Å²) in [7, 11) is 2.05. The molecule has 0 aromatic rings. The number of nitrogens with zero attached hydrogens (tertiary/aromatic N) is 1. The first-order valence-electron chi connectivity index (χ1n) is 4.73. The van der Waals surface area contributed by atoms with Gasteiger partial charge in [0.1, 0.15) is 0 Å². The highest BCUT2D eigenvalue weighted by Crippen LogP contribution is 2.17. The number of likely N-dealkylation sites (N-methyl/N-ethyl adjacent to an activating group) is 1. The summed E-state index contributed by atoms with van der Waals surface area (Å²) in [4.78, 5) is 12.8. The number of carboxylic acid groups (broad SMARTS) is 1. The minimum Gasteiger partial charge on any atom is -0.478 e. The van der Waals surface area contributed by atoms with Gasteiger partial charge in [0.05, 0.1) is 0 Å². The van der Waals surface area contributed by atoms with E-state index in [4.69, 9.17) is 5.11 Å². The third kappa shape index (κ3) is 2.84.